The molecule has 1 aromatic carbocycles. The third-order valence-electron chi connectivity index (χ3n) is 5.69. The molecular weight excluding hydrogens is 406 g/mol. The molecule has 0 aliphatic heterocycles. The van der Waals surface area contributed by atoms with Crippen LogP contribution in [0.1, 0.15) is 44.1 Å². The quantitative estimate of drug-likeness (QED) is 0.369. The van der Waals surface area contributed by atoms with Crippen LogP contribution in [-0.4, -0.2) is 28.3 Å². The zero-order valence-corrected chi connectivity index (χ0v) is 18.7. The van der Waals surface area contributed by atoms with Crippen LogP contribution in [0.15, 0.2) is 65.8 Å². The molecule has 0 radical (unpaired) electrons. The first-order chi connectivity index (χ1) is 15.1. The Morgan fingerprint density at radius 2 is 1.74 bits per heavy atom. The predicted octanol–water partition coefficient (Wildman–Crippen LogP) is 6.20. The van der Waals surface area contributed by atoms with E-state index >= 15 is 0 Å². The largest absolute Gasteiger partial charge is 0.463 e. The fourth-order valence-electron chi connectivity index (χ4n) is 4.04. The number of hydrogen-bond donors (Lipinski definition) is 1. The van der Waals surface area contributed by atoms with Crippen LogP contribution in [0.25, 0.3) is 11.3 Å². The Bertz CT molecular complexity index is 996. The minimum atomic E-state index is -0.175. The van der Waals surface area contributed by atoms with Crippen molar-refractivity contribution in [2.45, 2.75) is 49.5 Å². The van der Waals surface area contributed by atoms with Gasteiger partial charge in [-0.2, -0.15) is 0 Å². The summed E-state index contributed by atoms with van der Waals surface area (Å²) in [5.74, 6) is 1.16. The molecule has 0 saturated heterocycles. The number of hydrogen-bond acceptors (Lipinski definition) is 6. The second kappa shape index (κ2) is 9.96. The van der Waals surface area contributed by atoms with Crippen LogP contribution in [0, 0.1) is 0 Å². The van der Waals surface area contributed by atoms with Crippen LogP contribution >= 0.6 is 11.8 Å². The summed E-state index contributed by atoms with van der Waals surface area (Å²) in [6, 6.07) is 16.8. The summed E-state index contributed by atoms with van der Waals surface area (Å²) in [5, 5.41) is 3.29. The average Bonchev–Trinajstić information content (AvgIpc) is 2.80. The molecule has 5 nitrogen and oxygen atoms in total. The van der Waals surface area contributed by atoms with Crippen molar-refractivity contribution in [3.63, 3.8) is 0 Å². The molecule has 2 aromatic heterocycles. The lowest BCUT2D eigenvalue weighted by atomic mass is 9.82. The van der Waals surface area contributed by atoms with E-state index in [0.717, 1.165) is 53.3 Å². The topological polar surface area (TPSA) is 64.1 Å². The van der Waals surface area contributed by atoms with Crippen molar-refractivity contribution < 1.29 is 9.53 Å². The van der Waals surface area contributed by atoms with Crippen molar-refractivity contribution in [1.82, 2.24) is 9.97 Å². The summed E-state index contributed by atoms with van der Waals surface area (Å²) < 4.78 is 5.35. The summed E-state index contributed by atoms with van der Waals surface area (Å²) in [7, 11) is 0. The lowest BCUT2D eigenvalue weighted by molar-refractivity contribution is -0.147. The first-order valence-electron chi connectivity index (χ1n) is 10.6. The molecule has 0 spiro atoms. The van der Waals surface area contributed by atoms with Gasteiger partial charge < -0.3 is 10.1 Å². The van der Waals surface area contributed by atoms with Gasteiger partial charge in [0.15, 0.2) is 0 Å². The predicted molar refractivity (Wildman–Crippen MR) is 126 cm³/mol. The first-order valence-corrected chi connectivity index (χ1v) is 11.8. The molecule has 0 atom stereocenters. The monoisotopic (exact) mass is 433 g/mol. The Hall–Kier alpha value is -2.86. The van der Waals surface area contributed by atoms with E-state index in [-0.39, 0.29) is 12.1 Å². The molecule has 1 aliphatic rings. The number of rotatable bonds is 6. The van der Waals surface area contributed by atoms with Gasteiger partial charge in [-0.1, -0.05) is 24.3 Å². The zero-order chi connectivity index (χ0) is 21.6. The minimum Gasteiger partial charge on any atom is -0.463 e. The van der Waals surface area contributed by atoms with Crippen LogP contribution in [0.5, 0.6) is 0 Å². The third-order valence-corrected chi connectivity index (χ3v) is 6.41. The van der Waals surface area contributed by atoms with Crippen LogP contribution in [0.4, 0.5) is 11.5 Å². The lowest BCUT2D eigenvalue weighted by Crippen LogP contribution is -2.22. The molecule has 0 bridgehead atoms. The number of benzene rings is 1. The summed E-state index contributed by atoms with van der Waals surface area (Å²) in [5.41, 5.74) is 4.31. The van der Waals surface area contributed by atoms with E-state index in [4.69, 9.17) is 4.74 Å². The van der Waals surface area contributed by atoms with E-state index in [1.54, 1.807) is 11.8 Å². The lowest BCUT2D eigenvalue weighted by Gasteiger charge is -2.28. The number of carbonyl (C=O) groups excluding carboxylic acids is 1. The van der Waals surface area contributed by atoms with E-state index in [2.05, 4.69) is 39.6 Å². The molecule has 31 heavy (non-hydrogen) atoms. The minimum absolute atomic E-state index is 0.0861. The Balaban J connectivity index is 1.36. The van der Waals surface area contributed by atoms with Crippen molar-refractivity contribution in [2.75, 3.05) is 11.6 Å². The van der Waals surface area contributed by atoms with Gasteiger partial charge in [0, 0.05) is 23.6 Å². The molecule has 1 N–H and O–H groups in total. The highest BCUT2D eigenvalue weighted by molar-refractivity contribution is 7.98. The number of nitrogens with zero attached hydrogens (tertiary/aromatic N) is 2. The maximum Gasteiger partial charge on any atom is 0.302 e. The molecule has 1 fully saturated rings. The normalized spacial score (nSPS) is 18.4. The first kappa shape index (κ1) is 21.4. The smallest absolute Gasteiger partial charge is 0.302 e. The summed E-state index contributed by atoms with van der Waals surface area (Å²) >= 11 is 1.67. The average molecular weight is 434 g/mol. The summed E-state index contributed by atoms with van der Waals surface area (Å²) in [6.45, 7) is 1.49. The van der Waals surface area contributed by atoms with Crippen molar-refractivity contribution in [2.24, 2.45) is 0 Å². The van der Waals surface area contributed by atoms with Crippen LogP contribution < -0.4 is 5.32 Å². The Morgan fingerprint density at radius 1 is 0.968 bits per heavy atom. The van der Waals surface area contributed by atoms with Crippen molar-refractivity contribution in [1.29, 1.82) is 0 Å². The standard InChI is InChI=1S/C25H27N3O2S/c1-17(29)30-22-10-7-19(8-11-22)18-3-5-20(6-4-18)24-13-9-21(15-26-24)28-25-14-12-23(31-2)16-27-25/h3-6,9,12-16,19,22H,7-8,10-11H2,1-2H3,(H,27,28). The van der Waals surface area contributed by atoms with Crippen LogP contribution in [0.2, 0.25) is 0 Å². The van der Waals surface area contributed by atoms with Gasteiger partial charge in [-0.25, -0.2) is 4.98 Å². The van der Waals surface area contributed by atoms with Crippen molar-refractivity contribution in [3.05, 3.63) is 66.5 Å². The number of ether oxygens (including phenoxy) is 1. The Kier molecular flexibility index (Phi) is 6.87. The van der Waals surface area contributed by atoms with Gasteiger partial charge in [0.2, 0.25) is 0 Å². The van der Waals surface area contributed by atoms with Gasteiger partial charge in [0.05, 0.1) is 17.6 Å². The molecule has 6 heteroatoms. The number of anilines is 2. The molecule has 2 heterocycles. The van der Waals surface area contributed by atoms with E-state index in [1.807, 2.05) is 42.9 Å². The third kappa shape index (κ3) is 5.64. The number of carbonyl (C=O) groups is 1. The number of thioether (sulfide) groups is 1. The van der Waals surface area contributed by atoms with Gasteiger partial charge in [0.25, 0.3) is 0 Å². The number of aromatic nitrogens is 2. The van der Waals surface area contributed by atoms with Gasteiger partial charge in [0.1, 0.15) is 11.9 Å². The molecule has 3 aromatic rings. The highest BCUT2D eigenvalue weighted by Gasteiger charge is 2.24. The van der Waals surface area contributed by atoms with E-state index in [0.29, 0.717) is 5.92 Å². The van der Waals surface area contributed by atoms with Crippen molar-refractivity contribution >= 4 is 29.2 Å². The number of pyridine rings is 2. The maximum absolute atomic E-state index is 11.1. The number of esters is 1. The van der Waals surface area contributed by atoms with Gasteiger partial charge in [-0.3, -0.25) is 9.78 Å². The number of nitrogens with one attached hydrogen (secondary N) is 1. The van der Waals surface area contributed by atoms with Gasteiger partial charge in [-0.05, 0) is 67.7 Å². The van der Waals surface area contributed by atoms with E-state index in [9.17, 15) is 4.79 Å². The SMILES string of the molecule is CSc1ccc(Nc2ccc(-c3ccc(C4CCC(OC(C)=O)CC4)cc3)nc2)nc1. The molecule has 1 saturated carbocycles. The Labute approximate surface area is 187 Å². The van der Waals surface area contributed by atoms with Gasteiger partial charge >= 0.3 is 5.97 Å². The van der Waals surface area contributed by atoms with Crippen LogP contribution in [-0.2, 0) is 9.53 Å². The highest BCUT2D eigenvalue weighted by Crippen LogP contribution is 2.35. The van der Waals surface area contributed by atoms with Crippen LogP contribution in [0.3, 0.4) is 0 Å². The molecule has 4 rings (SSSR count). The fraction of sp³-hybridized carbons (Fsp3) is 0.320. The van der Waals surface area contributed by atoms with Gasteiger partial charge in [-0.15, -0.1) is 11.8 Å². The molecule has 1 aliphatic carbocycles. The Morgan fingerprint density at radius 3 is 2.32 bits per heavy atom. The molecular formula is C25H27N3O2S. The summed E-state index contributed by atoms with van der Waals surface area (Å²) in [6.07, 6.45) is 9.82. The maximum atomic E-state index is 11.1. The molecule has 0 amide bonds. The highest BCUT2D eigenvalue weighted by atomic mass is 32.2. The van der Waals surface area contributed by atoms with E-state index < -0.39 is 0 Å². The van der Waals surface area contributed by atoms with Crippen molar-refractivity contribution in [3.8, 4) is 11.3 Å². The van der Waals surface area contributed by atoms with E-state index in [1.165, 1.54) is 12.5 Å². The molecule has 160 valence electrons. The second-order valence-corrected chi connectivity index (χ2v) is 8.73. The summed E-state index contributed by atoms with van der Waals surface area (Å²) in [4.78, 5) is 21.3. The zero-order valence-electron chi connectivity index (χ0n) is 17.9. The fourth-order valence-corrected chi connectivity index (χ4v) is 4.40. The second-order valence-electron chi connectivity index (χ2n) is 7.85. The molecule has 0 unspecified atom stereocenters.